The molecule has 0 amide bonds. The Morgan fingerprint density at radius 3 is 3.00 bits per heavy atom. The molecule has 1 heterocycles. The van der Waals surface area contributed by atoms with Crippen LogP contribution in [0.1, 0.15) is 25.7 Å². The molecule has 1 aromatic heterocycles. The SMILES string of the molecule is OC1CCCC(CNc2ncnc3ccccc23)C1. The molecule has 1 saturated carbocycles. The van der Waals surface area contributed by atoms with Gasteiger partial charge in [0, 0.05) is 11.9 Å². The van der Waals surface area contributed by atoms with E-state index in [0.29, 0.717) is 5.92 Å². The molecule has 1 fully saturated rings. The number of nitrogens with one attached hydrogen (secondary N) is 1. The average molecular weight is 257 g/mol. The summed E-state index contributed by atoms with van der Waals surface area (Å²) in [5.41, 5.74) is 0.962. The number of aliphatic hydroxyl groups excluding tert-OH is 1. The number of anilines is 1. The molecule has 3 rings (SSSR count). The van der Waals surface area contributed by atoms with Gasteiger partial charge < -0.3 is 10.4 Å². The highest BCUT2D eigenvalue weighted by Crippen LogP contribution is 2.25. The fourth-order valence-corrected chi connectivity index (χ4v) is 2.83. The van der Waals surface area contributed by atoms with Crippen LogP contribution in [0.15, 0.2) is 30.6 Å². The van der Waals surface area contributed by atoms with Gasteiger partial charge in [-0.25, -0.2) is 9.97 Å². The summed E-state index contributed by atoms with van der Waals surface area (Å²) in [7, 11) is 0. The van der Waals surface area contributed by atoms with Crippen molar-refractivity contribution in [1.29, 1.82) is 0 Å². The lowest BCUT2D eigenvalue weighted by molar-refractivity contribution is 0.104. The summed E-state index contributed by atoms with van der Waals surface area (Å²) in [4.78, 5) is 8.58. The smallest absolute Gasteiger partial charge is 0.137 e. The van der Waals surface area contributed by atoms with Crippen molar-refractivity contribution in [3.8, 4) is 0 Å². The van der Waals surface area contributed by atoms with Crippen molar-refractivity contribution in [3.05, 3.63) is 30.6 Å². The van der Waals surface area contributed by atoms with Gasteiger partial charge in [-0.1, -0.05) is 18.6 Å². The van der Waals surface area contributed by atoms with Crippen molar-refractivity contribution in [2.24, 2.45) is 5.92 Å². The van der Waals surface area contributed by atoms with E-state index >= 15 is 0 Å². The van der Waals surface area contributed by atoms with E-state index < -0.39 is 0 Å². The first-order valence-corrected chi connectivity index (χ1v) is 6.94. The van der Waals surface area contributed by atoms with Crippen LogP contribution < -0.4 is 5.32 Å². The zero-order valence-electron chi connectivity index (χ0n) is 10.9. The molecular formula is C15H19N3O. The topological polar surface area (TPSA) is 58.0 Å². The number of hydrogen-bond acceptors (Lipinski definition) is 4. The first-order chi connectivity index (χ1) is 9.33. The van der Waals surface area contributed by atoms with Crippen LogP contribution in [0.2, 0.25) is 0 Å². The highest BCUT2D eigenvalue weighted by Gasteiger charge is 2.20. The standard InChI is InChI=1S/C15H19N3O/c19-12-5-3-4-11(8-12)9-16-15-13-6-1-2-7-14(13)17-10-18-15/h1-2,6-7,10-12,19H,3-5,8-9H2,(H,16,17,18). The third kappa shape index (κ3) is 2.84. The van der Waals surface area contributed by atoms with Gasteiger partial charge in [0.1, 0.15) is 12.1 Å². The minimum Gasteiger partial charge on any atom is -0.393 e. The van der Waals surface area contributed by atoms with Crippen LogP contribution in [0.25, 0.3) is 10.9 Å². The van der Waals surface area contributed by atoms with E-state index in [9.17, 15) is 5.11 Å². The molecule has 0 saturated heterocycles. The van der Waals surface area contributed by atoms with Crippen LogP contribution >= 0.6 is 0 Å². The average Bonchev–Trinajstić information content (AvgIpc) is 2.45. The molecule has 1 aliphatic carbocycles. The molecule has 0 radical (unpaired) electrons. The molecule has 4 nitrogen and oxygen atoms in total. The number of nitrogens with zero attached hydrogens (tertiary/aromatic N) is 2. The van der Waals surface area contributed by atoms with Crippen molar-refractivity contribution >= 4 is 16.7 Å². The fourth-order valence-electron chi connectivity index (χ4n) is 2.83. The Labute approximate surface area is 112 Å². The number of aromatic nitrogens is 2. The number of rotatable bonds is 3. The molecule has 100 valence electrons. The second kappa shape index (κ2) is 5.53. The number of hydrogen-bond donors (Lipinski definition) is 2. The van der Waals surface area contributed by atoms with E-state index in [2.05, 4.69) is 15.3 Å². The minimum atomic E-state index is -0.123. The van der Waals surface area contributed by atoms with Gasteiger partial charge in [0.05, 0.1) is 11.6 Å². The van der Waals surface area contributed by atoms with Gasteiger partial charge in [-0.2, -0.15) is 0 Å². The first kappa shape index (κ1) is 12.4. The summed E-state index contributed by atoms with van der Waals surface area (Å²) in [5.74, 6) is 1.43. The van der Waals surface area contributed by atoms with Gasteiger partial charge in [0.15, 0.2) is 0 Å². The van der Waals surface area contributed by atoms with Gasteiger partial charge in [-0.3, -0.25) is 0 Å². The van der Waals surface area contributed by atoms with Gasteiger partial charge in [-0.05, 0) is 37.3 Å². The van der Waals surface area contributed by atoms with Crippen molar-refractivity contribution in [2.45, 2.75) is 31.8 Å². The largest absolute Gasteiger partial charge is 0.393 e. The van der Waals surface area contributed by atoms with Crippen LogP contribution in [-0.4, -0.2) is 27.7 Å². The molecular weight excluding hydrogens is 238 g/mol. The predicted molar refractivity (Wildman–Crippen MR) is 76.0 cm³/mol. The van der Waals surface area contributed by atoms with Crippen molar-refractivity contribution in [3.63, 3.8) is 0 Å². The maximum Gasteiger partial charge on any atom is 0.137 e. The quantitative estimate of drug-likeness (QED) is 0.887. The Hall–Kier alpha value is -1.68. The van der Waals surface area contributed by atoms with Crippen molar-refractivity contribution < 1.29 is 5.11 Å². The predicted octanol–water partition coefficient (Wildman–Crippen LogP) is 2.59. The summed E-state index contributed by atoms with van der Waals surface area (Å²) in [6.07, 6.45) is 5.64. The summed E-state index contributed by atoms with van der Waals surface area (Å²) < 4.78 is 0. The third-order valence-corrected chi connectivity index (χ3v) is 3.86. The van der Waals surface area contributed by atoms with E-state index in [1.165, 1.54) is 6.42 Å². The monoisotopic (exact) mass is 257 g/mol. The second-order valence-electron chi connectivity index (χ2n) is 5.31. The Morgan fingerprint density at radius 1 is 1.21 bits per heavy atom. The maximum atomic E-state index is 9.70. The number of para-hydroxylation sites is 1. The minimum absolute atomic E-state index is 0.123. The normalized spacial score (nSPS) is 23.4. The van der Waals surface area contributed by atoms with E-state index in [0.717, 1.165) is 42.5 Å². The summed E-state index contributed by atoms with van der Waals surface area (Å²) in [6.45, 7) is 0.873. The fraction of sp³-hybridized carbons (Fsp3) is 0.467. The Bertz CT molecular complexity index is 553. The van der Waals surface area contributed by atoms with Crippen LogP contribution in [0, 0.1) is 5.92 Å². The van der Waals surface area contributed by atoms with Gasteiger partial charge in [-0.15, -0.1) is 0 Å². The van der Waals surface area contributed by atoms with Crippen LogP contribution in [-0.2, 0) is 0 Å². The molecule has 1 aromatic carbocycles. The Kier molecular flexibility index (Phi) is 3.60. The number of fused-ring (bicyclic) bond motifs is 1. The molecule has 2 unspecified atom stereocenters. The summed E-state index contributed by atoms with van der Waals surface area (Å²) >= 11 is 0. The molecule has 0 bridgehead atoms. The molecule has 0 spiro atoms. The lowest BCUT2D eigenvalue weighted by Crippen LogP contribution is -2.25. The Morgan fingerprint density at radius 2 is 2.11 bits per heavy atom. The number of benzene rings is 1. The van der Waals surface area contributed by atoms with Crippen molar-refractivity contribution in [2.75, 3.05) is 11.9 Å². The van der Waals surface area contributed by atoms with Crippen LogP contribution in [0.4, 0.5) is 5.82 Å². The zero-order valence-corrected chi connectivity index (χ0v) is 10.9. The second-order valence-corrected chi connectivity index (χ2v) is 5.31. The molecule has 0 aliphatic heterocycles. The van der Waals surface area contributed by atoms with Gasteiger partial charge in [0.2, 0.25) is 0 Å². The van der Waals surface area contributed by atoms with Crippen LogP contribution in [0.5, 0.6) is 0 Å². The maximum absolute atomic E-state index is 9.70. The molecule has 2 N–H and O–H groups in total. The van der Waals surface area contributed by atoms with E-state index in [4.69, 9.17) is 0 Å². The molecule has 19 heavy (non-hydrogen) atoms. The lowest BCUT2D eigenvalue weighted by Gasteiger charge is -2.26. The number of aliphatic hydroxyl groups is 1. The first-order valence-electron chi connectivity index (χ1n) is 6.94. The van der Waals surface area contributed by atoms with E-state index in [-0.39, 0.29) is 6.10 Å². The highest BCUT2D eigenvalue weighted by molar-refractivity contribution is 5.88. The van der Waals surface area contributed by atoms with Gasteiger partial charge >= 0.3 is 0 Å². The van der Waals surface area contributed by atoms with E-state index in [1.807, 2.05) is 24.3 Å². The summed E-state index contributed by atoms with van der Waals surface area (Å²) in [6, 6.07) is 8.01. The molecule has 4 heteroatoms. The van der Waals surface area contributed by atoms with Gasteiger partial charge in [0.25, 0.3) is 0 Å². The lowest BCUT2D eigenvalue weighted by atomic mass is 9.87. The third-order valence-electron chi connectivity index (χ3n) is 3.86. The van der Waals surface area contributed by atoms with Crippen LogP contribution in [0.3, 0.4) is 0 Å². The van der Waals surface area contributed by atoms with E-state index in [1.54, 1.807) is 6.33 Å². The zero-order chi connectivity index (χ0) is 13.1. The highest BCUT2D eigenvalue weighted by atomic mass is 16.3. The summed E-state index contributed by atoms with van der Waals surface area (Å²) in [5, 5.41) is 14.2. The Balaban J connectivity index is 1.71. The molecule has 2 atom stereocenters. The molecule has 1 aliphatic rings. The molecule has 2 aromatic rings. The van der Waals surface area contributed by atoms with Crippen molar-refractivity contribution in [1.82, 2.24) is 9.97 Å².